The van der Waals surface area contributed by atoms with Gasteiger partial charge < -0.3 is 11.1 Å². The number of nitrogen functional groups attached to an aromatic ring is 1. The minimum atomic E-state index is -0.424. The smallest absolute Gasteiger partial charge is 0.255 e. The molecule has 6 heteroatoms. The fourth-order valence-corrected chi connectivity index (χ4v) is 2.00. The Morgan fingerprint density at radius 1 is 1.26 bits per heavy atom. The van der Waals surface area contributed by atoms with Crippen LogP contribution >= 0.6 is 27.5 Å². The molecular weight excluding hydrogens is 335 g/mol. The normalized spacial score (nSPS) is 10.3. The second-order valence-corrected chi connectivity index (χ2v) is 5.08. The summed E-state index contributed by atoms with van der Waals surface area (Å²) in [7, 11) is 0. The summed E-state index contributed by atoms with van der Waals surface area (Å²) in [4.78, 5) is 11.9. The largest absolute Gasteiger partial charge is 0.398 e. The van der Waals surface area contributed by atoms with Crippen LogP contribution in [0.3, 0.4) is 0 Å². The van der Waals surface area contributed by atoms with Crippen molar-refractivity contribution in [2.24, 2.45) is 0 Å². The lowest BCUT2D eigenvalue weighted by atomic mass is 10.2. The van der Waals surface area contributed by atoms with Crippen molar-refractivity contribution in [3.8, 4) is 0 Å². The van der Waals surface area contributed by atoms with Gasteiger partial charge >= 0.3 is 0 Å². The van der Waals surface area contributed by atoms with Crippen molar-refractivity contribution < 1.29 is 9.18 Å². The molecule has 0 spiro atoms. The summed E-state index contributed by atoms with van der Waals surface area (Å²) in [6, 6.07) is 8.80. The second-order valence-electron chi connectivity index (χ2n) is 3.82. The van der Waals surface area contributed by atoms with Gasteiger partial charge in [0.25, 0.3) is 5.91 Å². The molecule has 19 heavy (non-hydrogen) atoms. The molecule has 2 rings (SSSR count). The number of carbonyl (C=O) groups excluding carboxylic acids is 1. The molecule has 0 aromatic heterocycles. The third kappa shape index (κ3) is 3.24. The minimum Gasteiger partial charge on any atom is -0.398 e. The van der Waals surface area contributed by atoms with Gasteiger partial charge in [0.2, 0.25) is 0 Å². The van der Waals surface area contributed by atoms with E-state index >= 15 is 0 Å². The molecule has 1 amide bonds. The number of rotatable bonds is 2. The molecule has 98 valence electrons. The summed E-state index contributed by atoms with van der Waals surface area (Å²) < 4.78 is 13.3. The highest BCUT2D eigenvalue weighted by molar-refractivity contribution is 9.10. The Morgan fingerprint density at radius 3 is 2.63 bits per heavy atom. The SMILES string of the molecule is Nc1ccc(NC(=O)c2ccc(F)c(Br)c2)cc1Cl. The Morgan fingerprint density at radius 2 is 2.00 bits per heavy atom. The van der Waals surface area contributed by atoms with E-state index in [2.05, 4.69) is 21.2 Å². The van der Waals surface area contributed by atoms with Crippen LogP contribution < -0.4 is 11.1 Å². The molecule has 0 bridgehead atoms. The molecular formula is C13H9BrClFN2O. The molecule has 0 aliphatic carbocycles. The zero-order chi connectivity index (χ0) is 14.0. The number of nitrogens with two attached hydrogens (primary N) is 1. The summed E-state index contributed by atoms with van der Waals surface area (Å²) in [6.45, 7) is 0. The highest BCUT2D eigenvalue weighted by atomic mass is 79.9. The summed E-state index contributed by atoms with van der Waals surface area (Å²) in [5, 5.41) is 3.01. The van der Waals surface area contributed by atoms with Crippen molar-refractivity contribution in [3.63, 3.8) is 0 Å². The van der Waals surface area contributed by atoms with Gasteiger partial charge in [0.15, 0.2) is 0 Å². The molecule has 0 aliphatic rings. The highest BCUT2D eigenvalue weighted by Crippen LogP contribution is 2.23. The quantitative estimate of drug-likeness (QED) is 0.807. The van der Waals surface area contributed by atoms with E-state index in [4.69, 9.17) is 17.3 Å². The van der Waals surface area contributed by atoms with Gasteiger partial charge in [0, 0.05) is 11.3 Å². The number of hydrogen-bond donors (Lipinski definition) is 2. The zero-order valence-electron chi connectivity index (χ0n) is 9.58. The molecule has 0 heterocycles. The van der Waals surface area contributed by atoms with Gasteiger partial charge in [0.05, 0.1) is 15.2 Å². The van der Waals surface area contributed by atoms with E-state index in [9.17, 15) is 9.18 Å². The average Bonchev–Trinajstić information content (AvgIpc) is 2.37. The van der Waals surface area contributed by atoms with Gasteiger partial charge in [0.1, 0.15) is 5.82 Å². The van der Waals surface area contributed by atoms with E-state index in [1.165, 1.54) is 18.2 Å². The molecule has 0 radical (unpaired) electrons. The predicted molar refractivity (Wildman–Crippen MR) is 77.9 cm³/mol. The highest BCUT2D eigenvalue weighted by Gasteiger charge is 2.09. The Labute approximate surface area is 122 Å². The zero-order valence-corrected chi connectivity index (χ0v) is 11.9. The standard InChI is InChI=1S/C13H9BrClFN2O/c14-9-5-7(1-3-11(9)16)13(19)18-8-2-4-12(17)10(15)6-8/h1-6H,17H2,(H,18,19). The summed E-state index contributed by atoms with van der Waals surface area (Å²) >= 11 is 8.88. The number of nitrogens with one attached hydrogen (secondary N) is 1. The van der Waals surface area contributed by atoms with E-state index in [1.54, 1.807) is 18.2 Å². The van der Waals surface area contributed by atoms with Crippen molar-refractivity contribution in [1.29, 1.82) is 0 Å². The maximum atomic E-state index is 13.1. The van der Waals surface area contributed by atoms with Crippen LogP contribution in [-0.2, 0) is 0 Å². The summed E-state index contributed by atoms with van der Waals surface area (Å²) in [6.07, 6.45) is 0. The lowest BCUT2D eigenvalue weighted by molar-refractivity contribution is 0.102. The van der Waals surface area contributed by atoms with Crippen LogP contribution in [0.15, 0.2) is 40.9 Å². The molecule has 2 aromatic rings. The number of amides is 1. The van der Waals surface area contributed by atoms with E-state index in [-0.39, 0.29) is 10.4 Å². The fraction of sp³-hybridized carbons (Fsp3) is 0. The average molecular weight is 344 g/mol. The first-order chi connectivity index (χ1) is 8.97. The molecule has 0 unspecified atom stereocenters. The number of benzene rings is 2. The first-order valence-electron chi connectivity index (χ1n) is 5.29. The van der Waals surface area contributed by atoms with Crippen LogP contribution in [0.5, 0.6) is 0 Å². The van der Waals surface area contributed by atoms with E-state index in [1.807, 2.05) is 0 Å². The Kier molecular flexibility index (Phi) is 4.07. The van der Waals surface area contributed by atoms with Crippen LogP contribution in [0.1, 0.15) is 10.4 Å². The molecule has 3 nitrogen and oxygen atoms in total. The molecule has 0 saturated carbocycles. The van der Waals surface area contributed by atoms with Gasteiger partial charge in [-0.1, -0.05) is 11.6 Å². The van der Waals surface area contributed by atoms with E-state index < -0.39 is 5.82 Å². The van der Waals surface area contributed by atoms with Crippen molar-refractivity contribution >= 4 is 44.8 Å². The fourth-order valence-electron chi connectivity index (χ4n) is 1.45. The number of carbonyl (C=O) groups is 1. The van der Waals surface area contributed by atoms with Crippen LogP contribution in [0.4, 0.5) is 15.8 Å². The van der Waals surface area contributed by atoms with E-state index in [0.29, 0.717) is 22.0 Å². The molecule has 0 fully saturated rings. The maximum Gasteiger partial charge on any atom is 0.255 e. The minimum absolute atomic E-state index is 0.232. The van der Waals surface area contributed by atoms with Crippen molar-refractivity contribution in [2.75, 3.05) is 11.1 Å². The van der Waals surface area contributed by atoms with Crippen LogP contribution in [0.2, 0.25) is 5.02 Å². The predicted octanol–water partition coefficient (Wildman–Crippen LogP) is 4.08. The number of halogens is 3. The van der Waals surface area contributed by atoms with Gasteiger partial charge in [-0.25, -0.2) is 4.39 Å². The second kappa shape index (κ2) is 5.59. The summed E-state index contributed by atoms with van der Waals surface area (Å²) in [5.41, 5.74) is 6.86. The molecule has 0 atom stereocenters. The summed E-state index contributed by atoms with van der Waals surface area (Å²) in [5.74, 6) is -0.784. The molecule has 2 aromatic carbocycles. The third-order valence-corrected chi connectivity index (χ3v) is 3.38. The number of hydrogen-bond acceptors (Lipinski definition) is 2. The lowest BCUT2D eigenvalue weighted by Crippen LogP contribution is -2.12. The van der Waals surface area contributed by atoms with Crippen molar-refractivity contribution in [3.05, 3.63) is 57.3 Å². The monoisotopic (exact) mass is 342 g/mol. The first kappa shape index (κ1) is 13.8. The van der Waals surface area contributed by atoms with Crippen LogP contribution in [0.25, 0.3) is 0 Å². The third-order valence-electron chi connectivity index (χ3n) is 2.44. The van der Waals surface area contributed by atoms with E-state index in [0.717, 1.165) is 0 Å². The first-order valence-corrected chi connectivity index (χ1v) is 6.46. The Hall–Kier alpha value is -1.59. The van der Waals surface area contributed by atoms with Gasteiger partial charge in [-0.05, 0) is 52.3 Å². The van der Waals surface area contributed by atoms with Gasteiger partial charge in [-0.2, -0.15) is 0 Å². The van der Waals surface area contributed by atoms with Crippen LogP contribution in [0, 0.1) is 5.82 Å². The van der Waals surface area contributed by atoms with Gasteiger partial charge in [-0.3, -0.25) is 4.79 Å². The van der Waals surface area contributed by atoms with Crippen LogP contribution in [-0.4, -0.2) is 5.91 Å². The lowest BCUT2D eigenvalue weighted by Gasteiger charge is -2.07. The Bertz CT molecular complexity index is 649. The Balaban J connectivity index is 2.20. The van der Waals surface area contributed by atoms with Crippen molar-refractivity contribution in [2.45, 2.75) is 0 Å². The molecule has 3 N–H and O–H groups in total. The number of anilines is 2. The maximum absolute atomic E-state index is 13.1. The van der Waals surface area contributed by atoms with Gasteiger partial charge in [-0.15, -0.1) is 0 Å². The molecule has 0 aliphatic heterocycles. The molecule has 0 saturated heterocycles. The topological polar surface area (TPSA) is 55.1 Å². The van der Waals surface area contributed by atoms with Crippen molar-refractivity contribution in [1.82, 2.24) is 0 Å².